The summed E-state index contributed by atoms with van der Waals surface area (Å²) in [7, 11) is -3.48. The van der Waals surface area contributed by atoms with Gasteiger partial charge in [-0.2, -0.15) is 0 Å². The van der Waals surface area contributed by atoms with Crippen LogP contribution in [0.2, 0.25) is 0 Å². The molecule has 1 aliphatic rings. The average molecular weight is 325 g/mol. The number of aromatic nitrogens is 1. The van der Waals surface area contributed by atoms with E-state index in [0.717, 1.165) is 31.6 Å². The quantitative estimate of drug-likeness (QED) is 0.873. The van der Waals surface area contributed by atoms with E-state index in [1.165, 1.54) is 6.20 Å². The van der Waals surface area contributed by atoms with Crippen LogP contribution in [0.3, 0.4) is 0 Å². The highest BCUT2D eigenvalue weighted by Gasteiger charge is 2.28. The van der Waals surface area contributed by atoms with Crippen LogP contribution in [0.15, 0.2) is 23.2 Å². The fourth-order valence-electron chi connectivity index (χ4n) is 2.86. The zero-order chi connectivity index (χ0) is 16.3. The molecule has 1 fully saturated rings. The minimum Gasteiger partial charge on any atom is -0.354 e. The second-order valence-electron chi connectivity index (χ2n) is 6.19. The van der Waals surface area contributed by atoms with Crippen LogP contribution in [-0.4, -0.2) is 32.0 Å². The normalized spacial score (nSPS) is 22.5. The lowest BCUT2D eigenvalue weighted by molar-refractivity contribution is 0.529. The molecule has 1 aliphatic heterocycles. The number of hydrogen-bond donors (Lipinski definition) is 1. The molecule has 5 nitrogen and oxygen atoms in total. The molecule has 1 aromatic heterocycles. The first-order chi connectivity index (χ1) is 10.4. The number of sulfonamides is 1. The van der Waals surface area contributed by atoms with E-state index in [-0.39, 0.29) is 10.9 Å². The van der Waals surface area contributed by atoms with E-state index in [9.17, 15) is 8.42 Å². The fourth-order valence-corrected chi connectivity index (χ4v) is 4.21. The van der Waals surface area contributed by atoms with Crippen molar-refractivity contribution in [2.45, 2.75) is 63.9 Å². The molecule has 0 aliphatic carbocycles. The lowest BCUT2D eigenvalue weighted by Gasteiger charge is -2.24. The molecular formula is C16H27N3O2S. The number of nitrogens with zero attached hydrogens (tertiary/aromatic N) is 2. The van der Waals surface area contributed by atoms with E-state index in [4.69, 9.17) is 0 Å². The lowest BCUT2D eigenvalue weighted by atomic mass is 10.1. The number of hydrogen-bond acceptors (Lipinski definition) is 4. The molecule has 1 N–H and O–H groups in total. The van der Waals surface area contributed by atoms with Gasteiger partial charge in [-0.3, -0.25) is 0 Å². The summed E-state index contributed by atoms with van der Waals surface area (Å²) in [6, 6.07) is 3.89. The monoisotopic (exact) mass is 325 g/mol. The summed E-state index contributed by atoms with van der Waals surface area (Å²) < 4.78 is 27.4. The molecule has 6 heteroatoms. The fraction of sp³-hybridized carbons (Fsp3) is 0.688. The van der Waals surface area contributed by atoms with Crippen LogP contribution < -0.4 is 9.62 Å². The maximum absolute atomic E-state index is 12.3. The van der Waals surface area contributed by atoms with Crippen molar-refractivity contribution in [3.8, 4) is 0 Å². The molecule has 0 spiro atoms. The number of nitrogens with one attached hydrogen (secondary N) is 1. The third-order valence-electron chi connectivity index (χ3n) is 4.77. The molecule has 1 aromatic rings. The van der Waals surface area contributed by atoms with Gasteiger partial charge >= 0.3 is 0 Å². The zero-order valence-electron chi connectivity index (χ0n) is 13.9. The van der Waals surface area contributed by atoms with Crippen molar-refractivity contribution in [2.75, 3.05) is 11.4 Å². The second-order valence-corrected chi connectivity index (χ2v) is 7.90. The Morgan fingerprint density at radius 1 is 1.32 bits per heavy atom. The van der Waals surface area contributed by atoms with Crippen LogP contribution in [0.1, 0.15) is 47.0 Å². The topological polar surface area (TPSA) is 62.3 Å². The standard InChI is InChI=1S/C16H27N3O2S/c1-5-14(6-2)18-22(20,21)15-7-8-16(17-11-15)19-10-9-12(3)13(19)4/h7-8,11-14,18H,5-6,9-10H2,1-4H3. The maximum Gasteiger partial charge on any atom is 0.242 e. The van der Waals surface area contributed by atoms with Crippen molar-refractivity contribution in [3.05, 3.63) is 18.3 Å². The van der Waals surface area contributed by atoms with Gasteiger partial charge in [-0.15, -0.1) is 0 Å². The highest BCUT2D eigenvalue weighted by molar-refractivity contribution is 7.89. The zero-order valence-corrected chi connectivity index (χ0v) is 14.7. The average Bonchev–Trinajstić information content (AvgIpc) is 2.85. The second kappa shape index (κ2) is 6.96. The molecule has 0 bridgehead atoms. The van der Waals surface area contributed by atoms with Crippen LogP contribution in [0.25, 0.3) is 0 Å². The Labute approximate surface area is 134 Å². The van der Waals surface area contributed by atoms with Gasteiger partial charge in [0.2, 0.25) is 10.0 Å². The van der Waals surface area contributed by atoms with Gasteiger partial charge in [0.15, 0.2) is 0 Å². The van der Waals surface area contributed by atoms with E-state index in [1.54, 1.807) is 6.07 Å². The van der Waals surface area contributed by atoms with Crippen LogP contribution in [0.5, 0.6) is 0 Å². The van der Waals surface area contributed by atoms with Crippen molar-refractivity contribution in [1.29, 1.82) is 0 Å². The van der Waals surface area contributed by atoms with Crippen molar-refractivity contribution >= 4 is 15.8 Å². The van der Waals surface area contributed by atoms with Crippen LogP contribution in [0.4, 0.5) is 5.82 Å². The van der Waals surface area contributed by atoms with Crippen LogP contribution in [0, 0.1) is 5.92 Å². The van der Waals surface area contributed by atoms with Gasteiger partial charge in [0.05, 0.1) is 0 Å². The molecule has 22 heavy (non-hydrogen) atoms. The Morgan fingerprint density at radius 3 is 2.45 bits per heavy atom. The third-order valence-corrected chi connectivity index (χ3v) is 6.28. The van der Waals surface area contributed by atoms with Gasteiger partial charge in [-0.1, -0.05) is 20.8 Å². The van der Waals surface area contributed by atoms with E-state index in [0.29, 0.717) is 12.0 Å². The van der Waals surface area contributed by atoms with E-state index in [1.807, 2.05) is 19.9 Å². The summed E-state index contributed by atoms with van der Waals surface area (Å²) in [4.78, 5) is 6.86. The van der Waals surface area contributed by atoms with Gasteiger partial charge in [-0.25, -0.2) is 18.1 Å². The minimum absolute atomic E-state index is 0.0240. The largest absolute Gasteiger partial charge is 0.354 e. The molecule has 124 valence electrons. The molecule has 0 amide bonds. The Morgan fingerprint density at radius 2 is 2.00 bits per heavy atom. The van der Waals surface area contributed by atoms with Crippen LogP contribution in [-0.2, 0) is 10.0 Å². The first kappa shape index (κ1) is 17.2. The van der Waals surface area contributed by atoms with Gasteiger partial charge in [-0.05, 0) is 44.2 Å². The molecule has 2 atom stereocenters. The summed E-state index contributed by atoms with van der Waals surface area (Å²) in [5.74, 6) is 1.50. The van der Waals surface area contributed by atoms with Crippen LogP contribution >= 0.6 is 0 Å². The smallest absolute Gasteiger partial charge is 0.242 e. The van der Waals surface area contributed by atoms with Gasteiger partial charge in [0, 0.05) is 24.8 Å². The molecule has 0 aromatic carbocycles. The van der Waals surface area contributed by atoms with Gasteiger partial charge in [0.1, 0.15) is 10.7 Å². The van der Waals surface area contributed by atoms with Crippen molar-refractivity contribution < 1.29 is 8.42 Å². The van der Waals surface area contributed by atoms with E-state index in [2.05, 4.69) is 28.5 Å². The summed E-state index contributed by atoms with van der Waals surface area (Å²) in [6.07, 6.45) is 4.18. The van der Waals surface area contributed by atoms with Gasteiger partial charge in [0.25, 0.3) is 0 Å². The molecular weight excluding hydrogens is 298 g/mol. The first-order valence-electron chi connectivity index (χ1n) is 8.14. The van der Waals surface area contributed by atoms with E-state index >= 15 is 0 Å². The third kappa shape index (κ3) is 3.60. The predicted molar refractivity (Wildman–Crippen MR) is 89.5 cm³/mol. The summed E-state index contributed by atoms with van der Waals surface area (Å²) in [5, 5.41) is 0. The lowest BCUT2D eigenvalue weighted by Crippen LogP contribution is -2.34. The van der Waals surface area contributed by atoms with E-state index < -0.39 is 10.0 Å². The molecule has 0 radical (unpaired) electrons. The highest BCUT2D eigenvalue weighted by Crippen LogP contribution is 2.28. The van der Waals surface area contributed by atoms with Crippen molar-refractivity contribution in [3.63, 3.8) is 0 Å². The highest BCUT2D eigenvalue weighted by atomic mass is 32.2. The number of rotatable bonds is 6. The molecule has 2 unspecified atom stereocenters. The molecule has 2 heterocycles. The Balaban J connectivity index is 2.15. The molecule has 0 saturated carbocycles. The molecule has 2 rings (SSSR count). The Kier molecular flexibility index (Phi) is 5.45. The van der Waals surface area contributed by atoms with Crippen molar-refractivity contribution in [1.82, 2.24) is 9.71 Å². The summed E-state index contributed by atoms with van der Waals surface area (Å²) in [6.45, 7) is 9.37. The summed E-state index contributed by atoms with van der Waals surface area (Å²) >= 11 is 0. The number of pyridine rings is 1. The predicted octanol–water partition coefficient (Wildman–Crippen LogP) is 2.78. The molecule has 1 saturated heterocycles. The SMILES string of the molecule is CCC(CC)NS(=O)(=O)c1ccc(N2CCC(C)C2C)nc1. The Hall–Kier alpha value is -1.14. The summed E-state index contributed by atoms with van der Waals surface area (Å²) in [5.41, 5.74) is 0. The maximum atomic E-state index is 12.3. The first-order valence-corrected chi connectivity index (χ1v) is 9.62. The van der Waals surface area contributed by atoms with Gasteiger partial charge < -0.3 is 4.90 Å². The minimum atomic E-state index is -3.48. The Bertz CT molecular complexity index is 582. The number of anilines is 1. The van der Waals surface area contributed by atoms with Crippen molar-refractivity contribution in [2.24, 2.45) is 5.92 Å².